The molecule has 4 rings (SSSR count). The number of anilines is 2. The molecule has 1 amide bonds. The van der Waals surface area contributed by atoms with E-state index in [2.05, 4.69) is 10.3 Å². The molecule has 1 unspecified atom stereocenters. The first kappa shape index (κ1) is 26.9. The number of methoxy groups -OCH3 is 1. The summed E-state index contributed by atoms with van der Waals surface area (Å²) in [5, 5.41) is 2.78. The van der Waals surface area contributed by atoms with Crippen molar-refractivity contribution in [3.8, 4) is 11.1 Å². The van der Waals surface area contributed by atoms with Crippen molar-refractivity contribution in [3.63, 3.8) is 0 Å². The number of ether oxygens (including phenoxy) is 2. The summed E-state index contributed by atoms with van der Waals surface area (Å²) in [6, 6.07) is 20.4. The average molecular weight is 535 g/mol. The Kier molecular flexibility index (Phi) is 8.47. The van der Waals surface area contributed by atoms with Gasteiger partial charge in [-0.1, -0.05) is 18.2 Å². The van der Waals surface area contributed by atoms with Crippen molar-refractivity contribution in [3.05, 3.63) is 102 Å². The Morgan fingerprint density at radius 2 is 1.66 bits per heavy atom. The lowest BCUT2D eigenvalue weighted by atomic mass is 10.0. The van der Waals surface area contributed by atoms with Crippen molar-refractivity contribution in [1.29, 1.82) is 4.78 Å². The summed E-state index contributed by atoms with van der Waals surface area (Å²) in [7, 11) is -1.74. The molecule has 196 valence electrons. The number of hydrogen-bond donors (Lipinski definition) is 3. The van der Waals surface area contributed by atoms with Crippen LogP contribution in [0.4, 0.5) is 15.8 Å². The number of rotatable bonds is 10. The van der Waals surface area contributed by atoms with Crippen molar-refractivity contribution in [2.75, 3.05) is 31.4 Å². The molecule has 1 aromatic heterocycles. The van der Waals surface area contributed by atoms with Crippen LogP contribution in [0.5, 0.6) is 0 Å². The highest BCUT2D eigenvalue weighted by atomic mass is 32.2. The molecular formula is C28H27FN4O4S. The third-order valence-electron chi connectivity index (χ3n) is 5.74. The van der Waals surface area contributed by atoms with Gasteiger partial charge >= 0.3 is 0 Å². The third kappa shape index (κ3) is 6.41. The topological polar surface area (TPSA) is 127 Å². The zero-order chi connectivity index (χ0) is 27.1. The monoisotopic (exact) mass is 534 g/mol. The van der Waals surface area contributed by atoms with Crippen molar-refractivity contribution >= 4 is 27.0 Å². The van der Waals surface area contributed by atoms with Crippen molar-refractivity contribution in [2.45, 2.75) is 16.4 Å². The lowest BCUT2D eigenvalue weighted by molar-refractivity contribution is 0.0602. The summed E-state index contributed by atoms with van der Waals surface area (Å²) in [6.45, 7) is 1.19. The number of amides is 1. The molecule has 0 bridgehead atoms. The molecule has 1 heterocycles. The first-order valence-corrected chi connectivity index (χ1v) is 13.2. The number of aromatic nitrogens is 1. The Hall–Kier alpha value is -4.12. The fourth-order valence-corrected chi connectivity index (χ4v) is 4.85. The van der Waals surface area contributed by atoms with Gasteiger partial charge in [0.15, 0.2) is 0 Å². The van der Waals surface area contributed by atoms with E-state index in [0.29, 0.717) is 35.8 Å². The second-order valence-electron chi connectivity index (χ2n) is 8.37. The second kappa shape index (κ2) is 12.0. The normalized spacial score (nSPS) is 12.6. The molecule has 0 spiro atoms. The summed E-state index contributed by atoms with van der Waals surface area (Å²) in [5.74, 6) is -0.759. The second-order valence-corrected chi connectivity index (χ2v) is 10.4. The van der Waals surface area contributed by atoms with Gasteiger partial charge in [0.1, 0.15) is 15.5 Å². The number of carbonyl (C=O) groups excluding carboxylic acids is 1. The van der Waals surface area contributed by atoms with E-state index in [-0.39, 0.29) is 22.2 Å². The summed E-state index contributed by atoms with van der Waals surface area (Å²) < 4.78 is 45.3. The van der Waals surface area contributed by atoms with Gasteiger partial charge in [0.05, 0.1) is 46.7 Å². The third-order valence-corrected chi connectivity index (χ3v) is 7.58. The van der Waals surface area contributed by atoms with E-state index >= 15 is 0 Å². The number of nitrogens with zero attached hydrogens (tertiary/aromatic N) is 1. The molecule has 38 heavy (non-hydrogen) atoms. The van der Waals surface area contributed by atoms with Gasteiger partial charge in [-0.05, 0) is 71.8 Å². The molecule has 4 N–H and O–H groups in total. The zero-order valence-electron chi connectivity index (χ0n) is 20.6. The van der Waals surface area contributed by atoms with Crippen molar-refractivity contribution < 1.29 is 22.9 Å². The summed E-state index contributed by atoms with van der Waals surface area (Å²) in [5.41, 5.74) is 9.32. The highest BCUT2D eigenvalue weighted by Crippen LogP contribution is 2.28. The Morgan fingerprint density at radius 3 is 2.32 bits per heavy atom. The highest BCUT2D eigenvalue weighted by Gasteiger charge is 2.16. The van der Waals surface area contributed by atoms with Crippen LogP contribution in [0, 0.1) is 10.6 Å². The van der Waals surface area contributed by atoms with E-state index in [4.69, 9.17) is 20.0 Å². The van der Waals surface area contributed by atoms with E-state index in [1.54, 1.807) is 49.6 Å². The van der Waals surface area contributed by atoms with Gasteiger partial charge in [0, 0.05) is 18.9 Å². The molecule has 0 aliphatic carbocycles. The van der Waals surface area contributed by atoms with Crippen molar-refractivity contribution in [1.82, 2.24) is 4.98 Å². The molecule has 4 aromatic rings. The average Bonchev–Trinajstić information content (AvgIpc) is 2.93. The SMILES string of the molecule is COCCOCc1ccc(S(=N)(=O)c2ccc(C(=O)Nc3cc(-c4ccc(F)cc4)ccc3N)cc2)cn1. The molecule has 0 aliphatic rings. The first-order chi connectivity index (χ1) is 18.3. The van der Waals surface area contributed by atoms with E-state index < -0.39 is 15.6 Å². The Morgan fingerprint density at radius 1 is 0.974 bits per heavy atom. The first-order valence-electron chi connectivity index (χ1n) is 11.7. The molecule has 0 radical (unpaired) electrons. The molecular weight excluding hydrogens is 507 g/mol. The lowest BCUT2D eigenvalue weighted by Crippen LogP contribution is -2.13. The maximum absolute atomic E-state index is 13.3. The number of nitrogens with two attached hydrogens (primary N) is 1. The Balaban J connectivity index is 1.45. The molecule has 8 nitrogen and oxygen atoms in total. The molecule has 10 heteroatoms. The maximum Gasteiger partial charge on any atom is 0.255 e. The van der Waals surface area contributed by atoms with E-state index in [1.807, 2.05) is 0 Å². The quantitative estimate of drug-likeness (QED) is 0.186. The molecule has 0 aliphatic heterocycles. The van der Waals surface area contributed by atoms with Gasteiger partial charge in [-0.2, -0.15) is 0 Å². The van der Waals surface area contributed by atoms with Crippen LogP contribution >= 0.6 is 0 Å². The number of hydrogen-bond acceptors (Lipinski definition) is 7. The molecule has 0 fully saturated rings. The van der Waals surface area contributed by atoms with Gasteiger partial charge in [0.25, 0.3) is 5.91 Å². The Labute approximate surface area is 220 Å². The molecule has 0 saturated carbocycles. The lowest BCUT2D eigenvalue weighted by Gasteiger charge is -2.12. The maximum atomic E-state index is 13.3. The van der Waals surface area contributed by atoms with Crippen LogP contribution in [0.15, 0.2) is 94.9 Å². The summed E-state index contributed by atoms with van der Waals surface area (Å²) in [4.78, 5) is 17.6. The number of nitrogens with one attached hydrogen (secondary N) is 2. The van der Waals surface area contributed by atoms with Crippen LogP contribution in [0.1, 0.15) is 16.1 Å². The van der Waals surface area contributed by atoms with Crippen LogP contribution in [0.2, 0.25) is 0 Å². The minimum Gasteiger partial charge on any atom is -0.397 e. The van der Waals surface area contributed by atoms with Gasteiger partial charge < -0.3 is 20.5 Å². The standard InChI is InChI=1S/C28H27FN4O4S/c1-36-14-15-37-18-23-9-12-25(17-32-23)38(31,35)24-10-4-20(5-11-24)28(34)33-27-16-21(6-13-26(27)30)19-2-7-22(29)8-3-19/h2-13,16-17,31H,14-15,18,30H2,1H3,(H,33,34). The molecule has 0 saturated heterocycles. The zero-order valence-corrected chi connectivity index (χ0v) is 21.5. The van der Waals surface area contributed by atoms with Crippen LogP contribution in [0.3, 0.4) is 0 Å². The molecule has 3 aromatic carbocycles. The molecule has 1 atom stereocenters. The number of pyridine rings is 1. The number of nitrogen functional groups attached to an aromatic ring is 1. The minimum atomic E-state index is -3.33. The summed E-state index contributed by atoms with van der Waals surface area (Å²) >= 11 is 0. The van der Waals surface area contributed by atoms with Crippen LogP contribution < -0.4 is 11.1 Å². The van der Waals surface area contributed by atoms with Crippen LogP contribution in [-0.2, 0) is 25.8 Å². The largest absolute Gasteiger partial charge is 0.397 e. The fraction of sp³-hybridized carbons (Fsp3) is 0.143. The van der Waals surface area contributed by atoms with Gasteiger partial charge in [-0.3, -0.25) is 9.78 Å². The highest BCUT2D eigenvalue weighted by molar-refractivity contribution is 7.92. The number of halogens is 1. The van der Waals surface area contributed by atoms with E-state index in [9.17, 15) is 13.4 Å². The van der Waals surface area contributed by atoms with Crippen LogP contribution in [-0.4, -0.2) is 35.4 Å². The van der Waals surface area contributed by atoms with Gasteiger partial charge in [-0.15, -0.1) is 0 Å². The predicted molar refractivity (Wildman–Crippen MR) is 144 cm³/mol. The van der Waals surface area contributed by atoms with Gasteiger partial charge in [0.2, 0.25) is 0 Å². The number of benzene rings is 3. The smallest absolute Gasteiger partial charge is 0.255 e. The summed E-state index contributed by atoms with van der Waals surface area (Å²) in [6.07, 6.45) is 1.40. The predicted octanol–water partition coefficient (Wildman–Crippen LogP) is 5.35. The van der Waals surface area contributed by atoms with E-state index in [0.717, 1.165) is 11.1 Å². The number of carbonyl (C=O) groups is 1. The fourth-order valence-electron chi connectivity index (χ4n) is 3.60. The van der Waals surface area contributed by atoms with Gasteiger partial charge in [-0.25, -0.2) is 13.4 Å². The minimum absolute atomic E-state index is 0.248. The van der Waals surface area contributed by atoms with Crippen molar-refractivity contribution in [2.24, 2.45) is 0 Å². The Bertz CT molecular complexity index is 1510. The van der Waals surface area contributed by atoms with E-state index in [1.165, 1.54) is 42.6 Å². The van der Waals surface area contributed by atoms with Crippen LogP contribution in [0.25, 0.3) is 11.1 Å².